The first-order valence-electron chi connectivity index (χ1n) is 6.64. The number of amides is 1. The number of aromatic amines is 1. The lowest BCUT2D eigenvalue weighted by Crippen LogP contribution is -2.30. The molecule has 0 aliphatic rings. The van der Waals surface area contributed by atoms with Crippen LogP contribution in [-0.2, 0) is 12.4 Å². The van der Waals surface area contributed by atoms with Gasteiger partial charge in [0.1, 0.15) is 11.4 Å². The van der Waals surface area contributed by atoms with Crippen LogP contribution in [0.25, 0.3) is 21.8 Å². The monoisotopic (exact) mass is 362 g/mol. The average molecular weight is 362 g/mol. The number of hydrogen-bond donors (Lipinski definition) is 3. The minimum atomic E-state index is -5.03. The second-order valence-electron chi connectivity index (χ2n) is 5.13. The van der Waals surface area contributed by atoms with Crippen molar-refractivity contribution in [2.24, 2.45) is 5.84 Å². The molecule has 0 aliphatic heterocycles. The summed E-state index contributed by atoms with van der Waals surface area (Å²) in [7, 11) is 0. The summed E-state index contributed by atoms with van der Waals surface area (Å²) >= 11 is 0. The van der Waals surface area contributed by atoms with E-state index in [1.165, 1.54) is 12.1 Å². The van der Waals surface area contributed by atoms with Gasteiger partial charge in [-0.15, -0.1) is 0 Å². The van der Waals surface area contributed by atoms with E-state index in [1.807, 2.05) is 4.98 Å². The van der Waals surface area contributed by atoms with Crippen molar-refractivity contribution in [3.05, 3.63) is 41.2 Å². The number of halogens is 6. The van der Waals surface area contributed by atoms with Gasteiger partial charge in [0.25, 0.3) is 5.91 Å². The normalized spacial score (nSPS) is 12.8. The third-order valence-corrected chi connectivity index (χ3v) is 3.55. The van der Waals surface area contributed by atoms with Crippen molar-refractivity contribution >= 4 is 27.7 Å². The third kappa shape index (κ3) is 2.86. The zero-order chi connectivity index (χ0) is 18.6. The fraction of sp³-hybridized carbons (Fsp3) is 0.143. The van der Waals surface area contributed by atoms with E-state index in [2.05, 4.69) is 4.98 Å². The van der Waals surface area contributed by atoms with Gasteiger partial charge in [0.15, 0.2) is 0 Å². The molecule has 2 aromatic heterocycles. The smallest absolute Gasteiger partial charge is 0.349 e. The molecule has 0 fully saturated rings. The molecular formula is C14H8F6N4O. The number of rotatable bonds is 1. The molecule has 132 valence electrons. The molecule has 0 aliphatic carbocycles. The second kappa shape index (κ2) is 5.34. The molecule has 25 heavy (non-hydrogen) atoms. The lowest BCUT2D eigenvalue weighted by Gasteiger charge is -2.15. The summed E-state index contributed by atoms with van der Waals surface area (Å²) in [6.07, 6.45) is -10.0. The number of aromatic nitrogens is 2. The minimum absolute atomic E-state index is 0.00457. The highest BCUT2D eigenvalue weighted by Crippen LogP contribution is 2.40. The number of carbonyl (C=O) groups is 1. The summed E-state index contributed by atoms with van der Waals surface area (Å²) in [5, 5.41) is -0.305. The van der Waals surface area contributed by atoms with Crippen LogP contribution in [0.3, 0.4) is 0 Å². The SMILES string of the molecule is NNC(=O)c1cc2ccc3c(C(F)(F)F)cc(C(F)(F)F)[nH]c3c2n1. The Morgan fingerprint density at radius 2 is 1.76 bits per heavy atom. The standard InChI is InChI=1S/C14H8F6N4O/c15-13(16,17)7-4-9(14(18,19)20)23-11-6(7)2-1-5-3-8(12(25)24-21)22-10(5)11/h1-4,23H,21H2,(H,24,25). The summed E-state index contributed by atoms with van der Waals surface area (Å²) in [5.74, 6) is 4.13. The van der Waals surface area contributed by atoms with Crippen LogP contribution in [0.5, 0.6) is 0 Å². The number of nitrogens with zero attached hydrogens (tertiary/aromatic N) is 1. The topological polar surface area (TPSA) is 83.8 Å². The highest BCUT2D eigenvalue weighted by Gasteiger charge is 2.39. The van der Waals surface area contributed by atoms with E-state index >= 15 is 0 Å². The first-order valence-corrected chi connectivity index (χ1v) is 6.64. The summed E-state index contributed by atoms with van der Waals surface area (Å²) in [6.45, 7) is 0. The Hall–Kier alpha value is -2.82. The zero-order valence-corrected chi connectivity index (χ0v) is 12.0. The number of H-pyrrole nitrogens is 1. The quantitative estimate of drug-likeness (QED) is 0.269. The number of hydrazine groups is 1. The van der Waals surface area contributed by atoms with Gasteiger partial charge < -0.3 is 4.98 Å². The molecule has 3 rings (SSSR count). The van der Waals surface area contributed by atoms with Crippen molar-refractivity contribution in [2.75, 3.05) is 0 Å². The Kier molecular flexibility index (Phi) is 3.64. The molecule has 4 N–H and O–H groups in total. The van der Waals surface area contributed by atoms with E-state index in [9.17, 15) is 31.1 Å². The zero-order valence-electron chi connectivity index (χ0n) is 12.0. The van der Waals surface area contributed by atoms with Gasteiger partial charge in [0, 0.05) is 10.8 Å². The number of pyridine rings is 1. The molecular weight excluding hydrogens is 354 g/mol. The highest BCUT2D eigenvalue weighted by molar-refractivity contribution is 6.08. The number of hydrogen-bond acceptors (Lipinski definition) is 3. The van der Waals surface area contributed by atoms with Crippen LogP contribution >= 0.6 is 0 Å². The third-order valence-electron chi connectivity index (χ3n) is 3.55. The molecule has 0 saturated heterocycles. The lowest BCUT2D eigenvalue weighted by molar-refractivity contribution is -0.144. The predicted molar refractivity (Wildman–Crippen MR) is 75.3 cm³/mol. The number of benzene rings is 1. The molecule has 0 atom stereocenters. The van der Waals surface area contributed by atoms with Gasteiger partial charge in [-0.2, -0.15) is 26.3 Å². The molecule has 0 unspecified atom stereocenters. The maximum absolute atomic E-state index is 13.2. The number of nitrogens with two attached hydrogens (primary N) is 1. The van der Waals surface area contributed by atoms with E-state index < -0.39 is 40.4 Å². The Morgan fingerprint density at radius 3 is 2.32 bits per heavy atom. The number of nitrogens with one attached hydrogen (secondary N) is 2. The van der Waals surface area contributed by atoms with Crippen LogP contribution in [0.1, 0.15) is 21.7 Å². The minimum Gasteiger partial charge on any atom is -0.349 e. The molecule has 11 heteroatoms. The Balaban J connectivity index is 2.43. The van der Waals surface area contributed by atoms with Crippen LogP contribution in [0, 0.1) is 0 Å². The number of nitrogen functional groups attached to an aromatic ring is 1. The summed E-state index contributed by atoms with van der Waals surface area (Å²) in [4.78, 5) is 17.2. The van der Waals surface area contributed by atoms with Gasteiger partial charge in [-0.1, -0.05) is 12.1 Å². The van der Waals surface area contributed by atoms with Gasteiger partial charge in [-0.3, -0.25) is 10.2 Å². The van der Waals surface area contributed by atoms with Crippen LogP contribution in [0.2, 0.25) is 0 Å². The second-order valence-corrected chi connectivity index (χ2v) is 5.13. The number of fused-ring (bicyclic) bond motifs is 3. The van der Waals surface area contributed by atoms with Crippen molar-refractivity contribution < 1.29 is 31.1 Å². The molecule has 0 bridgehead atoms. The van der Waals surface area contributed by atoms with Crippen molar-refractivity contribution in [1.82, 2.24) is 15.4 Å². The van der Waals surface area contributed by atoms with Gasteiger partial charge in [0.05, 0.1) is 16.6 Å². The van der Waals surface area contributed by atoms with Crippen LogP contribution in [0.15, 0.2) is 24.3 Å². The molecule has 2 heterocycles. The largest absolute Gasteiger partial charge is 0.431 e. The Labute approximate surface area is 134 Å². The van der Waals surface area contributed by atoms with E-state index in [1.54, 1.807) is 5.43 Å². The maximum Gasteiger partial charge on any atom is 0.431 e. The van der Waals surface area contributed by atoms with Crippen molar-refractivity contribution in [3.63, 3.8) is 0 Å². The van der Waals surface area contributed by atoms with Gasteiger partial charge in [-0.05, 0) is 12.1 Å². The Morgan fingerprint density at radius 1 is 1.08 bits per heavy atom. The van der Waals surface area contributed by atoms with Crippen LogP contribution < -0.4 is 11.3 Å². The summed E-state index contributed by atoms with van der Waals surface area (Å²) < 4.78 is 78.5. The van der Waals surface area contributed by atoms with Gasteiger partial charge in [-0.25, -0.2) is 10.8 Å². The highest BCUT2D eigenvalue weighted by atomic mass is 19.4. The van der Waals surface area contributed by atoms with Crippen molar-refractivity contribution in [2.45, 2.75) is 12.4 Å². The number of alkyl halides is 6. The summed E-state index contributed by atoms with van der Waals surface area (Å²) in [6, 6.07) is 3.46. The van der Waals surface area contributed by atoms with Crippen LogP contribution in [0.4, 0.5) is 26.3 Å². The van der Waals surface area contributed by atoms with Crippen molar-refractivity contribution in [1.29, 1.82) is 0 Å². The molecule has 1 amide bonds. The van der Waals surface area contributed by atoms with E-state index in [-0.39, 0.29) is 22.7 Å². The fourth-order valence-electron chi connectivity index (χ4n) is 2.47. The first kappa shape index (κ1) is 17.0. The first-order chi connectivity index (χ1) is 11.5. The molecule has 3 aromatic rings. The molecule has 5 nitrogen and oxygen atoms in total. The number of carbonyl (C=O) groups excluding carboxylic acids is 1. The van der Waals surface area contributed by atoms with Crippen LogP contribution in [-0.4, -0.2) is 15.9 Å². The molecule has 1 aromatic carbocycles. The fourth-order valence-corrected chi connectivity index (χ4v) is 2.47. The van der Waals surface area contributed by atoms with E-state index in [4.69, 9.17) is 5.84 Å². The van der Waals surface area contributed by atoms with E-state index in [0.717, 1.165) is 6.07 Å². The van der Waals surface area contributed by atoms with Crippen molar-refractivity contribution in [3.8, 4) is 0 Å². The van der Waals surface area contributed by atoms with Gasteiger partial charge in [0.2, 0.25) is 0 Å². The molecule has 0 saturated carbocycles. The summed E-state index contributed by atoms with van der Waals surface area (Å²) in [5.41, 5.74) is -2.15. The predicted octanol–water partition coefficient (Wildman–Crippen LogP) is 3.36. The lowest BCUT2D eigenvalue weighted by atomic mass is 10.0. The Bertz CT molecular complexity index is 989. The average Bonchev–Trinajstić information content (AvgIpc) is 2.95. The maximum atomic E-state index is 13.2. The molecule has 0 spiro atoms. The van der Waals surface area contributed by atoms with Gasteiger partial charge >= 0.3 is 12.4 Å². The molecule has 0 radical (unpaired) electrons. The van der Waals surface area contributed by atoms with E-state index in [0.29, 0.717) is 0 Å².